The van der Waals surface area contributed by atoms with Crippen molar-refractivity contribution in [3.05, 3.63) is 11.6 Å². The molecule has 0 saturated carbocycles. The maximum atomic E-state index is 6.06. The molecule has 1 aromatic rings. The van der Waals surface area contributed by atoms with Crippen LogP contribution in [0, 0.1) is 12.8 Å². The van der Waals surface area contributed by atoms with Gasteiger partial charge in [0.1, 0.15) is 11.6 Å². The largest absolute Gasteiger partial charge is 0.321 e. The van der Waals surface area contributed by atoms with Crippen LogP contribution in [0.15, 0.2) is 0 Å². The van der Waals surface area contributed by atoms with Gasteiger partial charge >= 0.3 is 0 Å². The summed E-state index contributed by atoms with van der Waals surface area (Å²) >= 11 is 0. The van der Waals surface area contributed by atoms with Crippen molar-refractivity contribution in [3.63, 3.8) is 0 Å². The molecule has 4 nitrogen and oxygen atoms in total. The van der Waals surface area contributed by atoms with E-state index < -0.39 is 0 Å². The fourth-order valence-electron chi connectivity index (χ4n) is 1.68. The molecule has 0 radical (unpaired) electrons. The van der Waals surface area contributed by atoms with Crippen LogP contribution < -0.4 is 5.73 Å². The normalized spacial score (nSPS) is 13.6. The standard InChI is InChI=1S/C10H20N4/c1-5-14-8(4)12-13-10(14)9(11)6-7(2)3/h7,9H,5-6,11H2,1-4H3/t9-/m1/s1. The van der Waals surface area contributed by atoms with Crippen molar-refractivity contribution in [2.45, 2.75) is 46.7 Å². The lowest BCUT2D eigenvalue weighted by molar-refractivity contribution is 0.475. The number of rotatable bonds is 4. The van der Waals surface area contributed by atoms with Crippen LogP contribution in [-0.2, 0) is 6.54 Å². The Balaban J connectivity index is 2.83. The Morgan fingerprint density at radius 3 is 2.50 bits per heavy atom. The van der Waals surface area contributed by atoms with Gasteiger partial charge in [-0.25, -0.2) is 0 Å². The van der Waals surface area contributed by atoms with Crippen molar-refractivity contribution in [1.82, 2.24) is 14.8 Å². The Morgan fingerprint density at radius 2 is 2.00 bits per heavy atom. The maximum absolute atomic E-state index is 6.06. The zero-order valence-corrected chi connectivity index (χ0v) is 9.49. The summed E-state index contributed by atoms with van der Waals surface area (Å²) < 4.78 is 2.08. The quantitative estimate of drug-likeness (QED) is 0.796. The van der Waals surface area contributed by atoms with E-state index in [-0.39, 0.29) is 6.04 Å². The Labute approximate surface area is 85.5 Å². The Kier molecular flexibility index (Phi) is 3.63. The number of aryl methyl sites for hydroxylation is 1. The summed E-state index contributed by atoms with van der Waals surface area (Å²) in [6.45, 7) is 9.27. The minimum atomic E-state index is 0.0103. The molecule has 1 heterocycles. The third-order valence-corrected chi connectivity index (χ3v) is 2.34. The van der Waals surface area contributed by atoms with E-state index in [0.29, 0.717) is 5.92 Å². The molecule has 4 heteroatoms. The smallest absolute Gasteiger partial charge is 0.149 e. The second-order valence-corrected chi connectivity index (χ2v) is 4.09. The fourth-order valence-corrected chi connectivity index (χ4v) is 1.68. The van der Waals surface area contributed by atoms with Crippen LogP contribution in [0.5, 0.6) is 0 Å². The van der Waals surface area contributed by atoms with Gasteiger partial charge in [-0.05, 0) is 26.2 Å². The number of hydrogen-bond acceptors (Lipinski definition) is 3. The molecule has 0 fully saturated rings. The molecule has 0 aliphatic carbocycles. The molecule has 0 aliphatic rings. The first-order valence-corrected chi connectivity index (χ1v) is 5.21. The van der Waals surface area contributed by atoms with Gasteiger partial charge in [-0.1, -0.05) is 13.8 Å². The second-order valence-electron chi connectivity index (χ2n) is 4.09. The van der Waals surface area contributed by atoms with Crippen LogP contribution in [-0.4, -0.2) is 14.8 Å². The van der Waals surface area contributed by atoms with Gasteiger partial charge < -0.3 is 10.3 Å². The first-order valence-electron chi connectivity index (χ1n) is 5.21. The van der Waals surface area contributed by atoms with Gasteiger partial charge in [0.15, 0.2) is 0 Å². The molecule has 0 spiro atoms. The summed E-state index contributed by atoms with van der Waals surface area (Å²) in [6.07, 6.45) is 0.956. The van der Waals surface area contributed by atoms with Gasteiger partial charge in [0.2, 0.25) is 0 Å². The van der Waals surface area contributed by atoms with Crippen molar-refractivity contribution in [2.24, 2.45) is 11.7 Å². The fraction of sp³-hybridized carbons (Fsp3) is 0.800. The molecule has 1 atom stereocenters. The van der Waals surface area contributed by atoms with Crippen molar-refractivity contribution in [1.29, 1.82) is 0 Å². The van der Waals surface area contributed by atoms with Gasteiger partial charge in [0, 0.05) is 6.54 Å². The van der Waals surface area contributed by atoms with E-state index in [0.717, 1.165) is 24.6 Å². The highest BCUT2D eigenvalue weighted by molar-refractivity contribution is 4.99. The van der Waals surface area contributed by atoms with Crippen LogP contribution in [0.1, 0.15) is 44.9 Å². The Morgan fingerprint density at radius 1 is 1.36 bits per heavy atom. The predicted octanol–water partition coefficient (Wildman–Crippen LogP) is 1.65. The van der Waals surface area contributed by atoms with E-state index in [4.69, 9.17) is 5.73 Å². The summed E-state index contributed by atoms with van der Waals surface area (Å²) in [6, 6.07) is 0.0103. The van der Waals surface area contributed by atoms with E-state index in [1.54, 1.807) is 0 Å². The second kappa shape index (κ2) is 4.55. The summed E-state index contributed by atoms with van der Waals surface area (Å²) in [5.41, 5.74) is 6.06. The third-order valence-electron chi connectivity index (χ3n) is 2.34. The lowest BCUT2D eigenvalue weighted by Crippen LogP contribution is -2.18. The van der Waals surface area contributed by atoms with Gasteiger partial charge in [0.25, 0.3) is 0 Å². The van der Waals surface area contributed by atoms with Crippen molar-refractivity contribution >= 4 is 0 Å². The number of aromatic nitrogens is 3. The van der Waals surface area contributed by atoms with E-state index in [1.165, 1.54) is 0 Å². The first kappa shape index (κ1) is 11.2. The first-order chi connectivity index (χ1) is 6.56. The highest BCUT2D eigenvalue weighted by Crippen LogP contribution is 2.17. The number of nitrogens with two attached hydrogens (primary N) is 1. The average molecular weight is 196 g/mol. The maximum Gasteiger partial charge on any atom is 0.149 e. The minimum Gasteiger partial charge on any atom is -0.321 e. The molecule has 1 aromatic heterocycles. The molecule has 1 rings (SSSR count). The highest BCUT2D eigenvalue weighted by Gasteiger charge is 2.16. The van der Waals surface area contributed by atoms with E-state index >= 15 is 0 Å². The molecule has 80 valence electrons. The molecule has 0 bridgehead atoms. The molecule has 0 amide bonds. The topological polar surface area (TPSA) is 56.7 Å². The lowest BCUT2D eigenvalue weighted by atomic mass is 10.0. The molecule has 0 aliphatic heterocycles. The number of nitrogens with zero attached hydrogens (tertiary/aromatic N) is 3. The van der Waals surface area contributed by atoms with Crippen molar-refractivity contribution in [3.8, 4) is 0 Å². The summed E-state index contributed by atoms with van der Waals surface area (Å²) in [5, 5.41) is 8.18. The van der Waals surface area contributed by atoms with E-state index in [1.807, 2.05) is 6.92 Å². The van der Waals surface area contributed by atoms with Crippen LogP contribution in [0.2, 0.25) is 0 Å². The van der Waals surface area contributed by atoms with Crippen molar-refractivity contribution in [2.75, 3.05) is 0 Å². The van der Waals surface area contributed by atoms with Gasteiger partial charge in [-0.3, -0.25) is 0 Å². The molecule has 0 aromatic carbocycles. The van der Waals surface area contributed by atoms with E-state index in [2.05, 4.69) is 35.5 Å². The van der Waals surface area contributed by atoms with Gasteiger partial charge in [-0.15, -0.1) is 10.2 Å². The van der Waals surface area contributed by atoms with Crippen LogP contribution in [0.4, 0.5) is 0 Å². The van der Waals surface area contributed by atoms with E-state index in [9.17, 15) is 0 Å². The predicted molar refractivity (Wildman–Crippen MR) is 56.8 cm³/mol. The molecular weight excluding hydrogens is 176 g/mol. The number of hydrogen-bond donors (Lipinski definition) is 1. The summed E-state index contributed by atoms with van der Waals surface area (Å²) in [5.74, 6) is 2.45. The molecular formula is C10H20N4. The Bertz CT molecular complexity index is 290. The lowest BCUT2D eigenvalue weighted by Gasteiger charge is -2.14. The molecule has 0 unspecified atom stereocenters. The van der Waals surface area contributed by atoms with Crippen LogP contribution in [0.3, 0.4) is 0 Å². The Hall–Kier alpha value is -0.900. The highest BCUT2D eigenvalue weighted by atomic mass is 15.3. The molecule has 0 saturated heterocycles. The monoisotopic (exact) mass is 196 g/mol. The third kappa shape index (κ3) is 2.32. The average Bonchev–Trinajstić information content (AvgIpc) is 2.45. The van der Waals surface area contributed by atoms with Gasteiger partial charge in [0.05, 0.1) is 6.04 Å². The SMILES string of the molecule is CCn1c(C)nnc1[C@H](N)CC(C)C. The van der Waals surface area contributed by atoms with Crippen LogP contribution >= 0.6 is 0 Å². The summed E-state index contributed by atoms with van der Waals surface area (Å²) in [7, 11) is 0. The zero-order valence-electron chi connectivity index (χ0n) is 9.49. The minimum absolute atomic E-state index is 0.0103. The summed E-state index contributed by atoms with van der Waals surface area (Å²) in [4.78, 5) is 0. The zero-order chi connectivity index (χ0) is 10.7. The van der Waals surface area contributed by atoms with Crippen molar-refractivity contribution < 1.29 is 0 Å². The molecule has 2 N–H and O–H groups in total. The molecule has 14 heavy (non-hydrogen) atoms. The van der Waals surface area contributed by atoms with Crippen LogP contribution in [0.25, 0.3) is 0 Å². The van der Waals surface area contributed by atoms with Gasteiger partial charge in [-0.2, -0.15) is 0 Å².